The highest BCUT2D eigenvalue weighted by molar-refractivity contribution is 5.97. The molecule has 0 amide bonds. The van der Waals surface area contributed by atoms with Crippen LogP contribution in [0.4, 0.5) is 0 Å². The zero-order valence-electron chi connectivity index (χ0n) is 20.4. The first-order valence-corrected chi connectivity index (χ1v) is 11.0. The van der Waals surface area contributed by atoms with Crippen LogP contribution in [-0.4, -0.2) is 35.0 Å². The second-order valence-corrected chi connectivity index (χ2v) is 9.48. The average Bonchev–Trinajstić information content (AvgIpc) is 2.67. The predicted molar refractivity (Wildman–Crippen MR) is 127 cm³/mol. The van der Waals surface area contributed by atoms with Crippen molar-refractivity contribution in [1.82, 2.24) is 0 Å². The number of methoxy groups -OCH3 is 1. The zero-order chi connectivity index (χ0) is 24.1. The van der Waals surface area contributed by atoms with Gasteiger partial charge in [-0.05, 0) is 96.7 Å². The number of ketones is 2. The normalized spacial score (nSPS) is 21.0. The highest BCUT2D eigenvalue weighted by atomic mass is 16.5. The standard InChI is InChI=1S/C27H36O5/c1-18(8-9-21-17-23(29)16-20(3)25(21)31-7)14-22(28)15-19(2)10-13-27(6)24(30)11-12-26(4,5)32-27/h8,11-12,15-17,29H,9-10,13-14H2,1-7H3/b18-8+,19-15-. The van der Waals surface area contributed by atoms with Crippen LogP contribution in [0.15, 0.2) is 47.6 Å². The monoisotopic (exact) mass is 440 g/mol. The molecule has 1 aliphatic heterocycles. The number of allylic oxidation sites excluding steroid dienone is 4. The van der Waals surface area contributed by atoms with Gasteiger partial charge in [-0.2, -0.15) is 0 Å². The van der Waals surface area contributed by atoms with Crippen LogP contribution in [0.25, 0.3) is 0 Å². The van der Waals surface area contributed by atoms with Crippen molar-refractivity contribution in [3.63, 3.8) is 0 Å². The van der Waals surface area contributed by atoms with Crippen molar-refractivity contribution in [2.24, 2.45) is 0 Å². The third-order valence-electron chi connectivity index (χ3n) is 5.71. The van der Waals surface area contributed by atoms with E-state index in [1.54, 1.807) is 37.5 Å². The number of phenols is 1. The summed E-state index contributed by atoms with van der Waals surface area (Å²) < 4.78 is 11.5. The molecule has 0 aromatic heterocycles. The summed E-state index contributed by atoms with van der Waals surface area (Å²) in [6, 6.07) is 3.35. The molecule has 0 saturated heterocycles. The highest BCUT2D eigenvalue weighted by Gasteiger charge is 2.40. The van der Waals surface area contributed by atoms with Gasteiger partial charge < -0.3 is 14.6 Å². The van der Waals surface area contributed by atoms with Gasteiger partial charge in [0.2, 0.25) is 0 Å². The van der Waals surface area contributed by atoms with Crippen molar-refractivity contribution in [2.45, 2.75) is 78.4 Å². The van der Waals surface area contributed by atoms with Gasteiger partial charge >= 0.3 is 0 Å². The summed E-state index contributed by atoms with van der Waals surface area (Å²) in [6.07, 6.45) is 9.06. The lowest BCUT2D eigenvalue weighted by Crippen LogP contribution is -2.47. The minimum absolute atomic E-state index is 0.0246. The zero-order valence-corrected chi connectivity index (χ0v) is 20.4. The van der Waals surface area contributed by atoms with Gasteiger partial charge in [0, 0.05) is 12.0 Å². The fourth-order valence-corrected chi connectivity index (χ4v) is 4.03. The first kappa shape index (κ1) is 25.6. The highest BCUT2D eigenvalue weighted by Crippen LogP contribution is 2.32. The number of hydrogen-bond donors (Lipinski definition) is 1. The van der Waals surface area contributed by atoms with Gasteiger partial charge in [0.15, 0.2) is 11.6 Å². The second kappa shape index (κ2) is 10.3. The van der Waals surface area contributed by atoms with Gasteiger partial charge in [0.05, 0.1) is 12.7 Å². The van der Waals surface area contributed by atoms with Gasteiger partial charge in [0.25, 0.3) is 0 Å². The van der Waals surface area contributed by atoms with Gasteiger partial charge in [-0.15, -0.1) is 0 Å². The van der Waals surface area contributed by atoms with Gasteiger partial charge in [0.1, 0.15) is 17.1 Å². The number of rotatable bonds is 9. The van der Waals surface area contributed by atoms with Gasteiger partial charge in [-0.25, -0.2) is 0 Å². The van der Waals surface area contributed by atoms with E-state index in [1.165, 1.54) is 0 Å². The number of ether oxygens (including phenoxy) is 2. The maximum Gasteiger partial charge on any atom is 0.187 e. The fourth-order valence-electron chi connectivity index (χ4n) is 4.03. The number of carbonyl (C=O) groups excluding carboxylic acids is 2. The van der Waals surface area contributed by atoms with Crippen LogP contribution < -0.4 is 4.74 Å². The molecule has 32 heavy (non-hydrogen) atoms. The molecule has 1 heterocycles. The maximum absolute atomic E-state index is 12.5. The molecule has 1 N–H and O–H groups in total. The van der Waals surface area contributed by atoms with Crippen LogP contribution in [0.5, 0.6) is 11.5 Å². The Hall–Kier alpha value is -2.66. The SMILES string of the molecule is COc1c(C)cc(O)cc1C/C=C(\C)CC(=O)/C=C(/C)CCC1(C)OC(C)(C)C=CC1=O. The molecule has 1 aromatic carbocycles. The Bertz CT molecular complexity index is 965. The van der Waals surface area contributed by atoms with Crippen LogP contribution in [0, 0.1) is 6.92 Å². The molecule has 0 aliphatic carbocycles. The lowest BCUT2D eigenvalue weighted by Gasteiger charge is -2.38. The number of hydrogen-bond acceptors (Lipinski definition) is 5. The topological polar surface area (TPSA) is 72.8 Å². The Kier molecular flexibility index (Phi) is 8.24. The minimum Gasteiger partial charge on any atom is -0.508 e. The van der Waals surface area contributed by atoms with Crippen LogP contribution >= 0.6 is 0 Å². The number of aryl methyl sites for hydroxylation is 1. The number of phenolic OH excluding ortho intramolecular Hbond substituents is 1. The summed E-state index contributed by atoms with van der Waals surface area (Å²) >= 11 is 0. The summed E-state index contributed by atoms with van der Waals surface area (Å²) in [5.41, 5.74) is 2.28. The van der Waals surface area contributed by atoms with E-state index in [4.69, 9.17) is 9.47 Å². The van der Waals surface area contributed by atoms with Crippen molar-refractivity contribution in [3.8, 4) is 11.5 Å². The number of carbonyl (C=O) groups is 2. The summed E-state index contributed by atoms with van der Waals surface area (Å²) in [5, 5.41) is 9.86. The Labute approximate surface area is 191 Å². The van der Waals surface area contributed by atoms with Crippen molar-refractivity contribution >= 4 is 11.6 Å². The van der Waals surface area contributed by atoms with Crippen molar-refractivity contribution in [1.29, 1.82) is 0 Å². The van der Waals surface area contributed by atoms with E-state index in [0.717, 1.165) is 28.0 Å². The molecule has 1 atom stereocenters. The lowest BCUT2D eigenvalue weighted by atomic mass is 9.87. The number of aromatic hydroxyl groups is 1. The Balaban J connectivity index is 1.96. The molecule has 0 fully saturated rings. The molecule has 174 valence electrons. The molecule has 0 saturated carbocycles. The Morgan fingerprint density at radius 2 is 1.88 bits per heavy atom. The van der Waals surface area contributed by atoms with E-state index in [-0.39, 0.29) is 17.3 Å². The fraction of sp³-hybridized carbons (Fsp3) is 0.481. The molecule has 1 unspecified atom stereocenters. The van der Waals surface area contributed by atoms with E-state index >= 15 is 0 Å². The van der Waals surface area contributed by atoms with Crippen molar-refractivity contribution in [3.05, 3.63) is 58.7 Å². The predicted octanol–water partition coefficient (Wildman–Crippen LogP) is 5.58. The number of benzene rings is 1. The summed E-state index contributed by atoms with van der Waals surface area (Å²) in [5.74, 6) is 0.941. The molecular formula is C27H36O5. The first-order valence-electron chi connectivity index (χ1n) is 11.0. The van der Waals surface area contributed by atoms with E-state index in [0.29, 0.717) is 25.7 Å². The maximum atomic E-state index is 12.5. The van der Waals surface area contributed by atoms with Crippen LogP contribution in [-0.2, 0) is 20.7 Å². The minimum atomic E-state index is -0.870. The van der Waals surface area contributed by atoms with E-state index < -0.39 is 11.2 Å². The van der Waals surface area contributed by atoms with E-state index in [2.05, 4.69) is 0 Å². The Morgan fingerprint density at radius 1 is 1.19 bits per heavy atom. The first-order chi connectivity index (χ1) is 14.8. The Morgan fingerprint density at radius 3 is 2.53 bits per heavy atom. The summed E-state index contributed by atoms with van der Waals surface area (Å²) in [7, 11) is 1.61. The third-order valence-corrected chi connectivity index (χ3v) is 5.71. The molecule has 5 nitrogen and oxygen atoms in total. The van der Waals surface area contributed by atoms with E-state index in [1.807, 2.05) is 47.6 Å². The van der Waals surface area contributed by atoms with Crippen LogP contribution in [0.2, 0.25) is 0 Å². The summed E-state index contributed by atoms with van der Waals surface area (Å²) in [6.45, 7) is 11.4. The van der Waals surface area contributed by atoms with Crippen molar-refractivity contribution < 1.29 is 24.2 Å². The molecule has 0 radical (unpaired) electrons. The molecule has 5 heteroatoms. The second-order valence-electron chi connectivity index (χ2n) is 9.48. The molecule has 1 aliphatic rings. The molecule has 0 spiro atoms. The molecular weight excluding hydrogens is 404 g/mol. The smallest absolute Gasteiger partial charge is 0.187 e. The lowest BCUT2D eigenvalue weighted by molar-refractivity contribution is -0.157. The van der Waals surface area contributed by atoms with Gasteiger partial charge in [-0.1, -0.05) is 17.2 Å². The quantitative estimate of drug-likeness (QED) is 0.401. The largest absolute Gasteiger partial charge is 0.508 e. The van der Waals surface area contributed by atoms with Gasteiger partial charge in [-0.3, -0.25) is 9.59 Å². The van der Waals surface area contributed by atoms with Crippen LogP contribution in [0.3, 0.4) is 0 Å². The molecule has 0 bridgehead atoms. The summed E-state index contributed by atoms with van der Waals surface area (Å²) in [4.78, 5) is 24.8. The average molecular weight is 441 g/mol. The third kappa shape index (κ3) is 6.92. The molecule has 2 rings (SSSR count). The van der Waals surface area contributed by atoms with Crippen LogP contribution in [0.1, 0.15) is 65.0 Å². The van der Waals surface area contributed by atoms with Crippen molar-refractivity contribution in [2.75, 3.05) is 7.11 Å². The van der Waals surface area contributed by atoms with E-state index in [9.17, 15) is 14.7 Å². The molecule has 1 aromatic rings.